The monoisotopic (exact) mass is 269 g/mol. The van der Waals surface area contributed by atoms with Crippen molar-refractivity contribution in [2.75, 3.05) is 40.9 Å². The molecular weight excluding hydrogens is 242 g/mol. The standard InChI is InChI=1S/C14H27N3O2/c1-16(2)13(5-4-6-13)11-17(3)12(18)14(15)7-9-19-10-8-14/h4-11,15H2,1-3H3. The van der Waals surface area contributed by atoms with Crippen LogP contribution in [-0.2, 0) is 9.53 Å². The topological polar surface area (TPSA) is 58.8 Å². The highest BCUT2D eigenvalue weighted by atomic mass is 16.5. The van der Waals surface area contributed by atoms with Crippen LogP contribution in [0.3, 0.4) is 0 Å². The Morgan fingerprint density at radius 1 is 1.16 bits per heavy atom. The summed E-state index contributed by atoms with van der Waals surface area (Å²) in [5.41, 5.74) is 5.71. The first-order chi connectivity index (χ1) is 8.90. The van der Waals surface area contributed by atoms with Crippen molar-refractivity contribution in [3.8, 4) is 0 Å². The van der Waals surface area contributed by atoms with Gasteiger partial charge in [-0.1, -0.05) is 0 Å². The second-order valence-corrected chi connectivity index (χ2v) is 6.40. The van der Waals surface area contributed by atoms with Gasteiger partial charge in [-0.3, -0.25) is 4.79 Å². The Balaban J connectivity index is 1.99. The van der Waals surface area contributed by atoms with Crippen LogP contribution < -0.4 is 5.73 Å². The summed E-state index contributed by atoms with van der Waals surface area (Å²) in [6.45, 7) is 1.96. The fraction of sp³-hybridized carbons (Fsp3) is 0.929. The number of carbonyl (C=O) groups excluding carboxylic acids is 1. The van der Waals surface area contributed by atoms with Gasteiger partial charge in [0.15, 0.2) is 0 Å². The lowest BCUT2D eigenvalue weighted by molar-refractivity contribution is -0.142. The van der Waals surface area contributed by atoms with Gasteiger partial charge in [-0.2, -0.15) is 0 Å². The zero-order valence-corrected chi connectivity index (χ0v) is 12.4. The van der Waals surface area contributed by atoms with E-state index in [0.717, 1.165) is 19.4 Å². The van der Waals surface area contributed by atoms with Crippen molar-refractivity contribution in [3.05, 3.63) is 0 Å². The molecule has 1 heterocycles. The third-order valence-electron chi connectivity index (χ3n) is 4.92. The van der Waals surface area contributed by atoms with Gasteiger partial charge in [-0.05, 0) is 46.2 Å². The fourth-order valence-corrected chi connectivity index (χ4v) is 3.17. The van der Waals surface area contributed by atoms with E-state index in [9.17, 15) is 4.79 Å². The van der Waals surface area contributed by atoms with Crippen LogP contribution in [0.15, 0.2) is 0 Å². The van der Waals surface area contributed by atoms with Crippen molar-refractivity contribution < 1.29 is 9.53 Å². The minimum Gasteiger partial charge on any atom is -0.381 e. The third kappa shape index (κ3) is 2.78. The number of carbonyl (C=O) groups is 1. The molecule has 0 bridgehead atoms. The molecule has 0 aromatic carbocycles. The molecule has 5 heteroatoms. The van der Waals surface area contributed by atoms with Crippen molar-refractivity contribution in [3.63, 3.8) is 0 Å². The van der Waals surface area contributed by atoms with Crippen LogP contribution in [0.4, 0.5) is 0 Å². The molecular formula is C14H27N3O2. The van der Waals surface area contributed by atoms with Gasteiger partial charge in [0.2, 0.25) is 5.91 Å². The molecule has 1 aliphatic carbocycles. The highest BCUT2D eigenvalue weighted by Gasteiger charge is 2.44. The molecule has 0 aromatic rings. The van der Waals surface area contributed by atoms with Crippen LogP contribution >= 0.6 is 0 Å². The number of likely N-dealkylation sites (N-methyl/N-ethyl adjacent to an activating group) is 2. The maximum absolute atomic E-state index is 12.6. The van der Waals surface area contributed by atoms with Crippen molar-refractivity contribution in [1.82, 2.24) is 9.80 Å². The summed E-state index contributed by atoms with van der Waals surface area (Å²) in [4.78, 5) is 16.7. The Bertz CT molecular complexity index is 334. The predicted octanol–water partition coefficient (Wildman–Crippen LogP) is 0.437. The number of nitrogens with zero attached hydrogens (tertiary/aromatic N) is 2. The molecule has 2 N–H and O–H groups in total. The molecule has 1 aliphatic heterocycles. The minimum absolute atomic E-state index is 0.0731. The summed E-state index contributed by atoms with van der Waals surface area (Å²) >= 11 is 0. The highest BCUT2D eigenvalue weighted by molar-refractivity contribution is 5.86. The largest absolute Gasteiger partial charge is 0.381 e. The van der Waals surface area contributed by atoms with E-state index in [4.69, 9.17) is 10.5 Å². The lowest BCUT2D eigenvalue weighted by Gasteiger charge is -2.50. The fourth-order valence-electron chi connectivity index (χ4n) is 3.17. The lowest BCUT2D eigenvalue weighted by atomic mass is 9.75. The van der Waals surface area contributed by atoms with E-state index in [1.807, 2.05) is 11.9 Å². The van der Waals surface area contributed by atoms with E-state index >= 15 is 0 Å². The number of amides is 1. The number of nitrogens with two attached hydrogens (primary N) is 1. The Kier molecular flexibility index (Phi) is 4.18. The maximum Gasteiger partial charge on any atom is 0.242 e. The molecule has 110 valence electrons. The summed E-state index contributed by atoms with van der Waals surface area (Å²) in [5.74, 6) is 0.0731. The molecule has 0 aromatic heterocycles. The first-order valence-corrected chi connectivity index (χ1v) is 7.19. The molecule has 1 amide bonds. The first-order valence-electron chi connectivity index (χ1n) is 7.19. The quantitative estimate of drug-likeness (QED) is 0.804. The molecule has 1 saturated heterocycles. The predicted molar refractivity (Wildman–Crippen MR) is 74.9 cm³/mol. The van der Waals surface area contributed by atoms with E-state index in [-0.39, 0.29) is 11.4 Å². The number of hydrogen-bond donors (Lipinski definition) is 1. The summed E-state index contributed by atoms with van der Waals surface area (Å²) in [6, 6.07) is 0. The van der Waals surface area contributed by atoms with Crippen molar-refractivity contribution in [1.29, 1.82) is 0 Å². The summed E-state index contributed by atoms with van der Waals surface area (Å²) in [7, 11) is 6.09. The summed E-state index contributed by atoms with van der Waals surface area (Å²) < 4.78 is 5.31. The van der Waals surface area contributed by atoms with Crippen molar-refractivity contribution in [2.24, 2.45) is 5.73 Å². The summed E-state index contributed by atoms with van der Waals surface area (Å²) in [5, 5.41) is 0. The van der Waals surface area contributed by atoms with Gasteiger partial charge >= 0.3 is 0 Å². The van der Waals surface area contributed by atoms with E-state index in [1.165, 1.54) is 6.42 Å². The molecule has 0 radical (unpaired) electrons. The van der Waals surface area contributed by atoms with E-state index < -0.39 is 5.54 Å². The zero-order valence-electron chi connectivity index (χ0n) is 12.4. The SMILES string of the molecule is CN(CC1(N(C)C)CCC1)C(=O)C1(N)CCOCC1. The number of rotatable bonds is 4. The van der Waals surface area contributed by atoms with Crippen LogP contribution in [0.25, 0.3) is 0 Å². The normalized spacial score (nSPS) is 24.9. The van der Waals surface area contributed by atoms with Gasteiger partial charge in [0, 0.05) is 32.3 Å². The van der Waals surface area contributed by atoms with Gasteiger partial charge in [-0.15, -0.1) is 0 Å². The lowest BCUT2D eigenvalue weighted by Crippen LogP contribution is -2.62. The Hall–Kier alpha value is -0.650. The minimum atomic E-state index is -0.718. The third-order valence-corrected chi connectivity index (χ3v) is 4.92. The van der Waals surface area contributed by atoms with E-state index in [0.29, 0.717) is 26.1 Å². The molecule has 2 fully saturated rings. The Morgan fingerprint density at radius 3 is 2.16 bits per heavy atom. The average molecular weight is 269 g/mol. The molecule has 19 heavy (non-hydrogen) atoms. The van der Waals surface area contributed by atoms with E-state index in [2.05, 4.69) is 19.0 Å². The maximum atomic E-state index is 12.6. The Labute approximate surface area is 116 Å². The van der Waals surface area contributed by atoms with Crippen molar-refractivity contribution in [2.45, 2.75) is 43.2 Å². The first kappa shape index (κ1) is 14.8. The number of hydrogen-bond acceptors (Lipinski definition) is 4. The van der Waals surface area contributed by atoms with Crippen LogP contribution in [0.1, 0.15) is 32.1 Å². The number of ether oxygens (including phenoxy) is 1. The molecule has 2 rings (SSSR count). The van der Waals surface area contributed by atoms with Crippen LogP contribution in [0, 0.1) is 0 Å². The zero-order chi connectivity index (χ0) is 14.1. The smallest absolute Gasteiger partial charge is 0.242 e. The molecule has 0 atom stereocenters. The van der Waals surface area contributed by atoms with Crippen molar-refractivity contribution >= 4 is 5.91 Å². The molecule has 2 aliphatic rings. The van der Waals surface area contributed by atoms with Crippen LogP contribution in [-0.4, -0.2) is 67.7 Å². The summed E-state index contributed by atoms with van der Waals surface area (Å²) in [6.07, 6.45) is 4.84. The van der Waals surface area contributed by atoms with Gasteiger partial charge in [0.05, 0.1) is 5.54 Å². The highest BCUT2D eigenvalue weighted by Crippen LogP contribution is 2.37. The molecule has 0 unspecified atom stereocenters. The second-order valence-electron chi connectivity index (χ2n) is 6.40. The molecule has 0 spiro atoms. The van der Waals surface area contributed by atoms with E-state index in [1.54, 1.807) is 0 Å². The van der Waals surface area contributed by atoms with Gasteiger partial charge in [0.25, 0.3) is 0 Å². The molecule has 1 saturated carbocycles. The van der Waals surface area contributed by atoms with Gasteiger partial charge in [-0.25, -0.2) is 0 Å². The second kappa shape index (κ2) is 5.38. The molecule has 5 nitrogen and oxygen atoms in total. The average Bonchev–Trinajstić information content (AvgIpc) is 2.33. The van der Waals surface area contributed by atoms with Crippen LogP contribution in [0.5, 0.6) is 0 Å². The Morgan fingerprint density at radius 2 is 1.74 bits per heavy atom. The van der Waals surface area contributed by atoms with Crippen LogP contribution in [0.2, 0.25) is 0 Å². The van der Waals surface area contributed by atoms with Gasteiger partial charge in [0.1, 0.15) is 0 Å². The van der Waals surface area contributed by atoms with Gasteiger partial charge < -0.3 is 20.3 Å².